The summed E-state index contributed by atoms with van der Waals surface area (Å²) in [6.45, 7) is 6.37. The number of aryl methyl sites for hydroxylation is 1. The van der Waals surface area contributed by atoms with Crippen molar-refractivity contribution in [2.75, 3.05) is 0 Å². The molecule has 0 aromatic heterocycles. The van der Waals surface area contributed by atoms with Crippen LogP contribution in [0.25, 0.3) is 0 Å². The van der Waals surface area contributed by atoms with Crippen LogP contribution in [0.15, 0.2) is 12.1 Å². The van der Waals surface area contributed by atoms with Crippen LogP contribution in [-0.4, -0.2) is 5.11 Å². The molecule has 1 N–H and O–H groups in total. The minimum Gasteiger partial charge on any atom is -0.507 e. The number of hydrogen-bond donors (Lipinski definition) is 1. The number of phenolic OH excluding ortho intramolecular Hbond substituents is 1. The second-order valence-electron chi connectivity index (χ2n) is 5.52. The van der Waals surface area contributed by atoms with Gasteiger partial charge in [0.05, 0.1) is 0 Å². The molecule has 0 spiro atoms. The summed E-state index contributed by atoms with van der Waals surface area (Å²) in [5, 5.41) is 10.3. The summed E-state index contributed by atoms with van der Waals surface area (Å²) >= 11 is 0. The molecule has 0 saturated heterocycles. The van der Waals surface area contributed by atoms with E-state index in [4.69, 9.17) is 0 Å². The first kappa shape index (κ1) is 11.5. The molecule has 0 bridgehead atoms. The smallest absolute Gasteiger partial charge is 0.122 e. The maximum Gasteiger partial charge on any atom is 0.122 e. The lowest BCUT2D eigenvalue weighted by atomic mass is 9.70. The number of benzene rings is 1. The Balaban J connectivity index is 2.43. The molecule has 2 rings (SSSR count). The third kappa shape index (κ3) is 1.83. The molecule has 1 heteroatoms. The average molecular weight is 218 g/mol. The van der Waals surface area contributed by atoms with Gasteiger partial charge in [-0.15, -0.1) is 0 Å². The molecule has 0 radical (unpaired) electrons. The molecule has 1 aliphatic carbocycles. The highest BCUT2D eigenvalue weighted by Gasteiger charge is 2.31. The first-order valence-corrected chi connectivity index (χ1v) is 6.34. The van der Waals surface area contributed by atoms with E-state index >= 15 is 0 Å². The Morgan fingerprint density at radius 3 is 2.31 bits per heavy atom. The molecular weight excluding hydrogens is 196 g/mol. The van der Waals surface area contributed by atoms with Crippen LogP contribution < -0.4 is 0 Å². The third-order valence-corrected chi connectivity index (χ3v) is 4.31. The molecule has 88 valence electrons. The number of aromatic hydroxyl groups is 1. The van der Waals surface area contributed by atoms with Crippen LogP contribution in [-0.2, 0) is 5.41 Å². The highest BCUT2D eigenvalue weighted by Crippen LogP contribution is 2.43. The van der Waals surface area contributed by atoms with E-state index in [0.717, 1.165) is 11.1 Å². The van der Waals surface area contributed by atoms with Crippen LogP contribution in [0.3, 0.4) is 0 Å². The second kappa shape index (κ2) is 4.12. The Kier molecular flexibility index (Phi) is 2.96. The van der Waals surface area contributed by atoms with Crippen molar-refractivity contribution >= 4 is 0 Å². The molecule has 1 aliphatic rings. The number of hydrogen-bond acceptors (Lipinski definition) is 1. The monoisotopic (exact) mass is 218 g/mol. The summed E-state index contributed by atoms with van der Waals surface area (Å²) in [6, 6.07) is 4.27. The van der Waals surface area contributed by atoms with Crippen molar-refractivity contribution in [2.24, 2.45) is 0 Å². The molecule has 0 heterocycles. The maximum absolute atomic E-state index is 10.3. The summed E-state index contributed by atoms with van der Waals surface area (Å²) in [7, 11) is 0. The highest BCUT2D eigenvalue weighted by atomic mass is 16.3. The van der Waals surface area contributed by atoms with Gasteiger partial charge < -0.3 is 5.11 Å². The van der Waals surface area contributed by atoms with Crippen LogP contribution in [0.2, 0.25) is 0 Å². The maximum atomic E-state index is 10.3. The Morgan fingerprint density at radius 1 is 1.06 bits per heavy atom. The first-order chi connectivity index (χ1) is 7.54. The van der Waals surface area contributed by atoms with Crippen molar-refractivity contribution in [3.63, 3.8) is 0 Å². The molecule has 0 unspecified atom stereocenters. The summed E-state index contributed by atoms with van der Waals surface area (Å²) < 4.78 is 0. The standard InChI is InChI=1S/C15H22O/c1-11-7-8-13(14(16)12(11)2)15(3)9-5-4-6-10-15/h7-8,16H,4-6,9-10H2,1-3H3. The van der Waals surface area contributed by atoms with Crippen LogP contribution in [0.5, 0.6) is 5.75 Å². The van der Waals surface area contributed by atoms with Crippen molar-refractivity contribution in [3.05, 3.63) is 28.8 Å². The van der Waals surface area contributed by atoms with Gasteiger partial charge in [0.25, 0.3) is 0 Å². The number of phenols is 1. The van der Waals surface area contributed by atoms with Crippen molar-refractivity contribution in [1.82, 2.24) is 0 Å². The van der Waals surface area contributed by atoms with Gasteiger partial charge in [0.2, 0.25) is 0 Å². The minimum atomic E-state index is 0.195. The molecular formula is C15H22O. The van der Waals surface area contributed by atoms with E-state index in [0.29, 0.717) is 5.75 Å². The van der Waals surface area contributed by atoms with Gasteiger partial charge in [0, 0.05) is 5.56 Å². The number of rotatable bonds is 1. The Bertz CT molecular complexity index is 387. The predicted molar refractivity (Wildman–Crippen MR) is 68.0 cm³/mol. The van der Waals surface area contributed by atoms with E-state index in [1.165, 1.54) is 37.7 Å². The van der Waals surface area contributed by atoms with Gasteiger partial charge >= 0.3 is 0 Å². The van der Waals surface area contributed by atoms with Crippen molar-refractivity contribution in [3.8, 4) is 5.75 Å². The zero-order valence-electron chi connectivity index (χ0n) is 10.6. The fraction of sp³-hybridized carbons (Fsp3) is 0.600. The minimum absolute atomic E-state index is 0.195. The average Bonchev–Trinajstić information content (AvgIpc) is 2.27. The summed E-state index contributed by atoms with van der Waals surface area (Å²) in [4.78, 5) is 0. The van der Waals surface area contributed by atoms with Crippen LogP contribution in [0.4, 0.5) is 0 Å². The normalized spacial score (nSPS) is 19.7. The molecule has 0 aliphatic heterocycles. The lowest BCUT2D eigenvalue weighted by molar-refractivity contribution is 0.307. The lowest BCUT2D eigenvalue weighted by Crippen LogP contribution is -2.25. The largest absolute Gasteiger partial charge is 0.507 e. The van der Waals surface area contributed by atoms with Gasteiger partial charge in [-0.3, -0.25) is 0 Å². The van der Waals surface area contributed by atoms with Gasteiger partial charge in [-0.1, -0.05) is 38.3 Å². The summed E-state index contributed by atoms with van der Waals surface area (Å²) in [5.41, 5.74) is 3.58. The summed E-state index contributed by atoms with van der Waals surface area (Å²) in [6.07, 6.45) is 6.36. The van der Waals surface area contributed by atoms with Crippen molar-refractivity contribution < 1.29 is 5.11 Å². The van der Waals surface area contributed by atoms with Gasteiger partial charge in [-0.25, -0.2) is 0 Å². The van der Waals surface area contributed by atoms with E-state index in [2.05, 4.69) is 26.0 Å². The molecule has 1 fully saturated rings. The molecule has 1 saturated carbocycles. The molecule has 16 heavy (non-hydrogen) atoms. The molecule has 0 atom stereocenters. The topological polar surface area (TPSA) is 20.2 Å². The summed E-state index contributed by atoms with van der Waals surface area (Å²) in [5.74, 6) is 0.532. The van der Waals surface area contributed by atoms with E-state index in [9.17, 15) is 5.11 Å². The van der Waals surface area contributed by atoms with Gasteiger partial charge in [-0.05, 0) is 43.2 Å². The highest BCUT2D eigenvalue weighted by molar-refractivity contribution is 5.47. The molecule has 0 amide bonds. The zero-order chi connectivity index (χ0) is 11.8. The van der Waals surface area contributed by atoms with E-state index in [1.54, 1.807) is 0 Å². The molecule has 1 aromatic rings. The predicted octanol–water partition coefficient (Wildman–Crippen LogP) is 4.23. The molecule has 1 nitrogen and oxygen atoms in total. The van der Waals surface area contributed by atoms with Gasteiger partial charge in [0.15, 0.2) is 0 Å². The van der Waals surface area contributed by atoms with Gasteiger partial charge in [0.1, 0.15) is 5.75 Å². The second-order valence-corrected chi connectivity index (χ2v) is 5.52. The van der Waals surface area contributed by atoms with E-state index in [-0.39, 0.29) is 5.41 Å². The first-order valence-electron chi connectivity index (χ1n) is 6.34. The van der Waals surface area contributed by atoms with Crippen LogP contribution >= 0.6 is 0 Å². The molecule has 1 aromatic carbocycles. The quantitative estimate of drug-likeness (QED) is 0.748. The zero-order valence-corrected chi connectivity index (χ0v) is 10.6. The van der Waals surface area contributed by atoms with E-state index < -0.39 is 0 Å². The third-order valence-electron chi connectivity index (χ3n) is 4.31. The van der Waals surface area contributed by atoms with Crippen LogP contribution in [0.1, 0.15) is 55.7 Å². The Morgan fingerprint density at radius 2 is 1.69 bits per heavy atom. The Labute approximate surface area is 98.5 Å². The van der Waals surface area contributed by atoms with Crippen molar-refractivity contribution in [2.45, 2.75) is 58.3 Å². The SMILES string of the molecule is Cc1ccc(C2(C)CCCCC2)c(O)c1C. The van der Waals surface area contributed by atoms with Crippen LogP contribution in [0, 0.1) is 13.8 Å². The fourth-order valence-corrected chi connectivity index (χ4v) is 2.89. The Hall–Kier alpha value is -0.980. The van der Waals surface area contributed by atoms with Crippen molar-refractivity contribution in [1.29, 1.82) is 0 Å². The fourth-order valence-electron chi connectivity index (χ4n) is 2.89. The van der Waals surface area contributed by atoms with Gasteiger partial charge in [-0.2, -0.15) is 0 Å². The van der Waals surface area contributed by atoms with E-state index in [1.807, 2.05) is 6.92 Å². The lowest BCUT2D eigenvalue weighted by Gasteiger charge is -2.35.